The van der Waals surface area contributed by atoms with Crippen molar-refractivity contribution in [1.29, 1.82) is 0 Å². The van der Waals surface area contributed by atoms with Crippen LogP contribution in [-0.4, -0.2) is 70.1 Å². The van der Waals surface area contributed by atoms with Gasteiger partial charge in [-0.1, -0.05) is 47.5 Å². The molecule has 0 spiro atoms. The smallest absolute Gasteiger partial charge is 0.242 e. The van der Waals surface area contributed by atoms with Crippen LogP contribution in [0.25, 0.3) is 0 Å². The monoisotopic (exact) mass is 539 g/mol. The molecular formula is C23H27Cl2N5O4S. The number of carbonyl (C=O) groups is 2. The van der Waals surface area contributed by atoms with Gasteiger partial charge in [0.05, 0.1) is 29.6 Å². The standard InChI is InChI=1S/C23H27Cl2N5O4S/c1-15-18(24)7-8-19(22(15)25)35(33,34)14-26-11-20(31)29-12-21(32)30(2)13-16-3-5-17(6-4-16)23-27-9-10-28-23/h3-8,26H,9-14H2,1-2H3,(H,27,28)(H,29,31). The van der Waals surface area contributed by atoms with Crippen molar-refractivity contribution < 1.29 is 18.0 Å². The van der Waals surface area contributed by atoms with E-state index in [0.29, 0.717) is 17.1 Å². The van der Waals surface area contributed by atoms with E-state index >= 15 is 0 Å². The van der Waals surface area contributed by atoms with Crippen LogP contribution in [0.3, 0.4) is 0 Å². The van der Waals surface area contributed by atoms with Crippen molar-refractivity contribution in [2.75, 3.05) is 39.1 Å². The van der Waals surface area contributed by atoms with E-state index < -0.39 is 21.6 Å². The van der Waals surface area contributed by atoms with Crippen LogP contribution in [0.2, 0.25) is 10.0 Å². The highest BCUT2D eigenvalue weighted by molar-refractivity contribution is 7.91. The van der Waals surface area contributed by atoms with E-state index in [1.807, 2.05) is 24.3 Å². The van der Waals surface area contributed by atoms with E-state index in [-0.39, 0.29) is 28.9 Å². The molecule has 0 saturated heterocycles. The summed E-state index contributed by atoms with van der Waals surface area (Å²) in [4.78, 5) is 30.3. The quantitative estimate of drug-likeness (QED) is 0.423. The SMILES string of the molecule is Cc1c(Cl)ccc(S(=O)(=O)CNCC(=O)NCC(=O)N(C)Cc2ccc(C3=NCCN3)cc2)c1Cl. The minimum Gasteiger partial charge on any atom is -0.368 e. The highest BCUT2D eigenvalue weighted by atomic mass is 35.5. The zero-order chi connectivity index (χ0) is 25.6. The van der Waals surface area contributed by atoms with Gasteiger partial charge >= 0.3 is 0 Å². The average Bonchev–Trinajstić information content (AvgIpc) is 3.36. The van der Waals surface area contributed by atoms with Crippen LogP contribution in [-0.2, 0) is 26.0 Å². The third-order valence-electron chi connectivity index (χ3n) is 5.38. The third-order valence-corrected chi connectivity index (χ3v) is 7.98. The molecule has 0 aliphatic carbocycles. The van der Waals surface area contributed by atoms with Crippen molar-refractivity contribution in [3.8, 4) is 0 Å². The molecule has 35 heavy (non-hydrogen) atoms. The number of hydrogen-bond donors (Lipinski definition) is 3. The molecule has 1 heterocycles. The number of amidine groups is 1. The molecule has 9 nitrogen and oxygen atoms in total. The summed E-state index contributed by atoms with van der Waals surface area (Å²) in [5.74, 6) is -0.404. The summed E-state index contributed by atoms with van der Waals surface area (Å²) in [5.41, 5.74) is 2.40. The van der Waals surface area contributed by atoms with Crippen molar-refractivity contribution in [2.45, 2.75) is 18.4 Å². The fourth-order valence-electron chi connectivity index (χ4n) is 3.35. The molecule has 0 radical (unpaired) electrons. The molecular weight excluding hydrogens is 513 g/mol. The maximum atomic E-state index is 12.5. The normalized spacial score (nSPS) is 13.2. The maximum absolute atomic E-state index is 12.5. The molecule has 2 amide bonds. The van der Waals surface area contributed by atoms with Crippen LogP contribution >= 0.6 is 23.2 Å². The number of nitrogens with zero attached hydrogens (tertiary/aromatic N) is 2. The number of hydrogen-bond acceptors (Lipinski definition) is 7. The molecule has 1 aliphatic rings. The largest absolute Gasteiger partial charge is 0.368 e. The first-order valence-corrected chi connectivity index (χ1v) is 13.3. The van der Waals surface area contributed by atoms with Gasteiger partial charge in [-0.25, -0.2) is 8.42 Å². The number of nitrogens with one attached hydrogen (secondary N) is 3. The Morgan fingerprint density at radius 1 is 1.11 bits per heavy atom. The van der Waals surface area contributed by atoms with E-state index in [9.17, 15) is 18.0 Å². The van der Waals surface area contributed by atoms with Gasteiger partial charge in [0.2, 0.25) is 11.8 Å². The lowest BCUT2D eigenvalue weighted by Crippen LogP contribution is -2.42. The second kappa shape index (κ2) is 11.9. The van der Waals surface area contributed by atoms with Crippen molar-refractivity contribution >= 4 is 50.7 Å². The molecule has 0 unspecified atom stereocenters. The molecule has 0 aromatic heterocycles. The summed E-state index contributed by atoms with van der Waals surface area (Å²) in [5, 5.41) is 8.70. The van der Waals surface area contributed by atoms with Crippen LogP contribution in [0.15, 0.2) is 46.3 Å². The van der Waals surface area contributed by atoms with Gasteiger partial charge in [0.25, 0.3) is 0 Å². The highest BCUT2D eigenvalue weighted by Crippen LogP contribution is 2.30. The van der Waals surface area contributed by atoms with Gasteiger partial charge in [0, 0.05) is 30.7 Å². The first-order valence-electron chi connectivity index (χ1n) is 10.8. The second-order valence-corrected chi connectivity index (χ2v) is 10.8. The molecule has 1 aliphatic heterocycles. The molecule has 2 aromatic carbocycles. The summed E-state index contributed by atoms with van der Waals surface area (Å²) in [7, 11) is -2.14. The lowest BCUT2D eigenvalue weighted by atomic mass is 10.1. The van der Waals surface area contributed by atoms with Crippen LogP contribution in [0.4, 0.5) is 0 Å². The van der Waals surface area contributed by atoms with Crippen LogP contribution < -0.4 is 16.0 Å². The summed E-state index contributed by atoms with van der Waals surface area (Å²) < 4.78 is 25.1. The Kier molecular flexibility index (Phi) is 9.12. The van der Waals surface area contributed by atoms with Gasteiger partial charge < -0.3 is 15.5 Å². The Hall–Kier alpha value is -2.66. The molecule has 0 atom stereocenters. The predicted octanol–water partition coefficient (Wildman–Crippen LogP) is 1.75. The van der Waals surface area contributed by atoms with Crippen LogP contribution in [0.1, 0.15) is 16.7 Å². The first-order chi connectivity index (χ1) is 16.6. The number of likely N-dealkylation sites (N-methyl/N-ethyl adjacent to an activating group) is 1. The van der Waals surface area contributed by atoms with Crippen molar-refractivity contribution in [3.05, 3.63) is 63.1 Å². The number of carbonyl (C=O) groups excluding carboxylic acids is 2. The fourth-order valence-corrected chi connectivity index (χ4v) is 5.30. The van der Waals surface area contributed by atoms with E-state index in [1.165, 1.54) is 17.0 Å². The summed E-state index contributed by atoms with van der Waals surface area (Å²) in [6, 6.07) is 10.5. The minimum atomic E-state index is -3.78. The molecule has 3 N–H and O–H groups in total. The second-order valence-electron chi connectivity index (χ2n) is 8.05. The zero-order valence-corrected chi connectivity index (χ0v) is 21.7. The molecule has 12 heteroatoms. The van der Waals surface area contributed by atoms with Crippen LogP contribution in [0.5, 0.6) is 0 Å². The lowest BCUT2D eigenvalue weighted by molar-refractivity contribution is -0.132. The van der Waals surface area contributed by atoms with Crippen molar-refractivity contribution in [1.82, 2.24) is 20.9 Å². The zero-order valence-electron chi connectivity index (χ0n) is 19.4. The number of amides is 2. The Labute approximate surface area is 214 Å². The lowest BCUT2D eigenvalue weighted by Gasteiger charge is -2.18. The Morgan fingerprint density at radius 2 is 1.83 bits per heavy atom. The van der Waals surface area contributed by atoms with Gasteiger partial charge in [0.1, 0.15) is 11.7 Å². The number of rotatable bonds is 10. The summed E-state index contributed by atoms with van der Waals surface area (Å²) in [6.07, 6.45) is 0. The molecule has 0 bridgehead atoms. The average molecular weight is 540 g/mol. The van der Waals surface area contributed by atoms with Crippen molar-refractivity contribution in [3.63, 3.8) is 0 Å². The van der Waals surface area contributed by atoms with E-state index in [2.05, 4.69) is 20.9 Å². The van der Waals surface area contributed by atoms with E-state index in [0.717, 1.165) is 30.1 Å². The molecule has 0 fully saturated rings. The van der Waals surface area contributed by atoms with Gasteiger partial charge in [0.15, 0.2) is 9.84 Å². The number of aliphatic imine (C=N–C) groups is 1. The minimum absolute atomic E-state index is 0.0518. The Bertz CT molecular complexity index is 1230. The predicted molar refractivity (Wildman–Crippen MR) is 137 cm³/mol. The highest BCUT2D eigenvalue weighted by Gasteiger charge is 2.21. The molecule has 188 valence electrons. The fraction of sp³-hybridized carbons (Fsp3) is 0.348. The number of sulfone groups is 1. The van der Waals surface area contributed by atoms with Gasteiger partial charge in [-0.3, -0.25) is 19.9 Å². The van der Waals surface area contributed by atoms with E-state index in [1.54, 1.807) is 14.0 Å². The maximum Gasteiger partial charge on any atom is 0.242 e. The van der Waals surface area contributed by atoms with Gasteiger partial charge in [-0.05, 0) is 30.2 Å². The third kappa shape index (κ3) is 7.17. The topological polar surface area (TPSA) is 120 Å². The van der Waals surface area contributed by atoms with E-state index in [4.69, 9.17) is 23.2 Å². The Balaban J connectivity index is 1.42. The number of halogens is 2. The Morgan fingerprint density at radius 3 is 2.49 bits per heavy atom. The summed E-state index contributed by atoms with van der Waals surface area (Å²) >= 11 is 12.1. The molecule has 0 saturated carbocycles. The molecule has 2 aromatic rings. The van der Waals surface area contributed by atoms with Crippen molar-refractivity contribution in [2.24, 2.45) is 4.99 Å². The summed E-state index contributed by atoms with van der Waals surface area (Å²) in [6.45, 7) is 3.12. The van der Waals surface area contributed by atoms with Gasteiger partial charge in [-0.15, -0.1) is 0 Å². The molecule has 3 rings (SSSR count). The number of benzene rings is 2. The van der Waals surface area contributed by atoms with Gasteiger partial charge in [-0.2, -0.15) is 0 Å². The van der Waals surface area contributed by atoms with Crippen LogP contribution in [0, 0.1) is 6.92 Å². The first kappa shape index (κ1) is 26.9.